The smallest absolute Gasteiger partial charge is 0.134 e. The molecule has 3 heteroatoms. The van der Waals surface area contributed by atoms with E-state index in [1.807, 2.05) is 7.05 Å². The molecule has 1 aromatic rings. The van der Waals surface area contributed by atoms with Crippen LogP contribution in [0.4, 0.5) is 5.82 Å². The van der Waals surface area contributed by atoms with E-state index in [4.69, 9.17) is 9.97 Å². The Hall–Kier alpha value is -1.12. The molecule has 1 saturated carbocycles. The van der Waals surface area contributed by atoms with Gasteiger partial charge in [0.05, 0.1) is 0 Å². The highest BCUT2D eigenvalue weighted by Crippen LogP contribution is 2.32. The number of nitrogens with one attached hydrogen (secondary N) is 1. The van der Waals surface area contributed by atoms with E-state index in [1.165, 1.54) is 37.7 Å². The zero-order valence-corrected chi connectivity index (χ0v) is 11.2. The predicted molar refractivity (Wildman–Crippen MR) is 71.5 cm³/mol. The van der Waals surface area contributed by atoms with Crippen molar-refractivity contribution in [1.82, 2.24) is 9.97 Å². The number of hydrogen-bond donors (Lipinski definition) is 1. The summed E-state index contributed by atoms with van der Waals surface area (Å²) in [6.45, 7) is 4.26. The lowest BCUT2D eigenvalue weighted by atomic mass is 9.88. The number of nitrogens with zero attached hydrogens (tertiary/aromatic N) is 2. The van der Waals surface area contributed by atoms with Crippen molar-refractivity contribution in [2.45, 2.75) is 58.3 Å². The largest absolute Gasteiger partial charge is 0.373 e. The summed E-state index contributed by atoms with van der Waals surface area (Å²) in [5, 5.41) is 3.22. The van der Waals surface area contributed by atoms with Crippen LogP contribution in [0.1, 0.15) is 62.0 Å². The summed E-state index contributed by atoms with van der Waals surface area (Å²) in [6, 6.07) is 0. The van der Waals surface area contributed by atoms with Crippen LogP contribution in [0.25, 0.3) is 0 Å². The van der Waals surface area contributed by atoms with Crippen LogP contribution in [0.5, 0.6) is 0 Å². The third kappa shape index (κ3) is 2.59. The topological polar surface area (TPSA) is 37.8 Å². The summed E-state index contributed by atoms with van der Waals surface area (Å²) in [4.78, 5) is 9.45. The van der Waals surface area contributed by atoms with Crippen molar-refractivity contribution in [2.75, 3.05) is 12.4 Å². The molecular weight excluding hydrogens is 210 g/mol. The average Bonchev–Trinajstić information content (AvgIpc) is 2.38. The molecule has 1 fully saturated rings. The minimum Gasteiger partial charge on any atom is -0.373 e. The lowest BCUT2D eigenvalue weighted by Gasteiger charge is -2.22. The first kappa shape index (κ1) is 12.3. The molecular formula is C14H23N3. The molecule has 1 heterocycles. The molecule has 0 spiro atoms. The van der Waals surface area contributed by atoms with Crippen molar-refractivity contribution >= 4 is 5.82 Å². The van der Waals surface area contributed by atoms with Gasteiger partial charge in [-0.2, -0.15) is 0 Å². The van der Waals surface area contributed by atoms with Gasteiger partial charge in [0, 0.05) is 24.2 Å². The molecule has 0 bridgehead atoms. The van der Waals surface area contributed by atoms with Gasteiger partial charge in [-0.15, -0.1) is 0 Å². The van der Waals surface area contributed by atoms with Gasteiger partial charge in [0.2, 0.25) is 0 Å². The van der Waals surface area contributed by atoms with E-state index < -0.39 is 0 Å². The molecule has 1 aliphatic carbocycles. The van der Waals surface area contributed by atoms with E-state index in [2.05, 4.69) is 19.2 Å². The van der Waals surface area contributed by atoms with Gasteiger partial charge in [0.25, 0.3) is 0 Å². The van der Waals surface area contributed by atoms with Crippen molar-refractivity contribution < 1.29 is 0 Å². The summed E-state index contributed by atoms with van der Waals surface area (Å²) in [5.41, 5.74) is 2.40. The van der Waals surface area contributed by atoms with E-state index in [0.29, 0.717) is 5.92 Å². The Morgan fingerprint density at radius 3 is 2.47 bits per heavy atom. The predicted octanol–water partition coefficient (Wildman–Crippen LogP) is 3.44. The lowest BCUT2D eigenvalue weighted by molar-refractivity contribution is 0.428. The van der Waals surface area contributed by atoms with Gasteiger partial charge in [-0.1, -0.05) is 26.2 Å². The van der Waals surface area contributed by atoms with Crippen LogP contribution in [0.2, 0.25) is 0 Å². The van der Waals surface area contributed by atoms with E-state index in [9.17, 15) is 0 Å². The Kier molecular flexibility index (Phi) is 3.97. The van der Waals surface area contributed by atoms with Crippen LogP contribution in [-0.4, -0.2) is 17.0 Å². The van der Waals surface area contributed by atoms with Crippen LogP contribution < -0.4 is 5.32 Å². The third-order valence-corrected chi connectivity index (χ3v) is 3.79. The Balaban J connectivity index is 2.31. The lowest BCUT2D eigenvalue weighted by Crippen LogP contribution is -2.13. The van der Waals surface area contributed by atoms with Crippen LogP contribution >= 0.6 is 0 Å². The maximum atomic E-state index is 4.73. The average molecular weight is 233 g/mol. The van der Waals surface area contributed by atoms with Crippen molar-refractivity contribution in [3.8, 4) is 0 Å². The molecule has 94 valence electrons. The Morgan fingerprint density at radius 2 is 1.88 bits per heavy atom. The zero-order valence-electron chi connectivity index (χ0n) is 11.2. The van der Waals surface area contributed by atoms with Crippen LogP contribution in [0, 0.1) is 6.92 Å². The molecule has 3 nitrogen and oxygen atoms in total. The minimum atomic E-state index is 0.584. The van der Waals surface area contributed by atoms with Crippen molar-refractivity contribution in [1.29, 1.82) is 0 Å². The molecule has 0 aromatic carbocycles. The monoisotopic (exact) mass is 233 g/mol. The molecule has 0 aliphatic heterocycles. The third-order valence-electron chi connectivity index (χ3n) is 3.79. The Morgan fingerprint density at radius 1 is 1.18 bits per heavy atom. The fourth-order valence-electron chi connectivity index (χ4n) is 2.79. The van der Waals surface area contributed by atoms with Gasteiger partial charge in [0.1, 0.15) is 11.6 Å². The highest BCUT2D eigenvalue weighted by atomic mass is 15.0. The molecule has 0 atom stereocenters. The maximum Gasteiger partial charge on any atom is 0.134 e. The van der Waals surface area contributed by atoms with Gasteiger partial charge < -0.3 is 5.32 Å². The summed E-state index contributed by atoms with van der Waals surface area (Å²) >= 11 is 0. The molecule has 1 aromatic heterocycles. The zero-order chi connectivity index (χ0) is 12.3. The fraction of sp³-hybridized carbons (Fsp3) is 0.714. The van der Waals surface area contributed by atoms with Crippen molar-refractivity contribution in [3.63, 3.8) is 0 Å². The standard InChI is InChI=1S/C14H23N3/c1-4-12-10(2)16-13(17-14(12)15-3)11-8-6-5-7-9-11/h11H,4-9H2,1-3H3,(H,15,16,17). The second-order valence-corrected chi connectivity index (χ2v) is 4.93. The summed E-state index contributed by atoms with van der Waals surface area (Å²) in [7, 11) is 1.95. The van der Waals surface area contributed by atoms with Gasteiger partial charge >= 0.3 is 0 Å². The van der Waals surface area contributed by atoms with Gasteiger partial charge in [-0.3, -0.25) is 0 Å². The molecule has 2 rings (SSSR count). The highest BCUT2D eigenvalue weighted by molar-refractivity contribution is 5.46. The van der Waals surface area contributed by atoms with Gasteiger partial charge in [-0.25, -0.2) is 9.97 Å². The quantitative estimate of drug-likeness (QED) is 0.869. The van der Waals surface area contributed by atoms with Crippen molar-refractivity contribution in [3.05, 3.63) is 17.1 Å². The van der Waals surface area contributed by atoms with Crippen molar-refractivity contribution in [2.24, 2.45) is 0 Å². The minimum absolute atomic E-state index is 0.584. The first-order valence-electron chi connectivity index (χ1n) is 6.81. The van der Waals surface area contributed by atoms with Gasteiger partial charge in [0.15, 0.2) is 0 Å². The van der Waals surface area contributed by atoms with Crippen LogP contribution in [-0.2, 0) is 6.42 Å². The van der Waals surface area contributed by atoms with E-state index in [0.717, 1.165) is 23.8 Å². The Bertz CT molecular complexity index is 381. The van der Waals surface area contributed by atoms with E-state index in [1.54, 1.807) is 0 Å². The maximum absolute atomic E-state index is 4.73. The van der Waals surface area contributed by atoms with E-state index in [-0.39, 0.29) is 0 Å². The van der Waals surface area contributed by atoms with Crippen LogP contribution in [0.15, 0.2) is 0 Å². The normalized spacial score (nSPS) is 17.1. The molecule has 0 radical (unpaired) electrons. The molecule has 1 N–H and O–H groups in total. The second kappa shape index (κ2) is 5.48. The van der Waals surface area contributed by atoms with Crippen LogP contribution in [0.3, 0.4) is 0 Å². The Labute approximate surface area is 104 Å². The second-order valence-electron chi connectivity index (χ2n) is 4.93. The first-order chi connectivity index (χ1) is 8.26. The summed E-state index contributed by atoms with van der Waals surface area (Å²) in [6.07, 6.45) is 7.55. The summed E-state index contributed by atoms with van der Waals surface area (Å²) < 4.78 is 0. The SMILES string of the molecule is CCc1c(C)nc(C2CCCCC2)nc1NC. The number of hydrogen-bond acceptors (Lipinski definition) is 3. The first-order valence-corrected chi connectivity index (χ1v) is 6.81. The molecule has 0 unspecified atom stereocenters. The molecule has 0 amide bonds. The molecule has 1 aliphatic rings. The summed E-state index contributed by atoms with van der Waals surface area (Å²) in [5.74, 6) is 2.67. The van der Waals surface area contributed by atoms with E-state index >= 15 is 0 Å². The number of rotatable bonds is 3. The number of aromatic nitrogens is 2. The number of aryl methyl sites for hydroxylation is 1. The van der Waals surface area contributed by atoms with Gasteiger partial charge in [-0.05, 0) is 26.2 Å². The highest BCUT2D eigenvalue weighted by Gasteiger charge is 2.20. The molecule has 17 heavy (non-hydrogen) atoms. The molecule has 0 saturated heterocycles. The fourth-order valence-corrected chi connectivity index (χ4v) is 2.79. The number of anilines is 1.